The van der Waals surface area contributed by atoms with Crippen LogP contribution in [0.25, 0.3) is 76.9 Å². The SMILES string of the molecule is C.c1ccc(C(=C(c2ccccc2)c2c3ccccc3c(C(=C(c3ccccc3)c3ccccc3)c3ccccc3)c3c(-c4ccccc4)c4ccccc4c(-c4ccccc4)c23)c2ccccc2)cc1. The van der Waals surface area contributed by atoms with E-state index in [4.69, 9.17) is 0 Å². The Kier molecular flexibility index (Phi) is 12.4. The lowest BCUT2D eigenvalue weighted by Gasteiger charge is -2.29. The third kappa shape index (κ3) is 8.16. The lowest BCUT2D eigenvalue weighted by Crippen LogP contribution is -2.06. The fraction of sp³-hybridized carbons (Fsp3) is 0.0141. The summed E-state index contributed by atoms with van der Waals surface area (Å²) in [4.78, 5) is 0. The molecular formula is C71H52. The summed E-state index contributed by atoms with van der Waals surface area (Å²) in [6.45, 7) is 0. The molecule has 0 atom stereocenters. The van der Waals surface area contributed by atoms with Gasteiger partial charge in [0.1, 0.15) is 0 Å². The second-order valence-corrected chi connectivity index (χ2v) is 17.8. The first-order chi connectivity index (χ1) is 34.8. The van der Waals surface area contributed by atoms with Crippen LogP contribution in [0.15, 0.2) is 291 Å². The molecule has 0 aromatic heterocycles. The second-order valence-electron chi connectivity index (χ2n) is 17.8. The average molecular weight is 905 g/mol. The zero-order valence-electron chi connectivity index (χ0n) is 38.7. The fourth-order valence-electron chi connectivity index (χ4n) is 10.8. The van der Waals surface area contributed by atoms with Crippen molar-refractivity contribution in [3.63, 3.8) is 0 Å². The summed E-state index contributed by atoms with van der Waals surface area (Å²) in [5.41, 5.74) is 18.7. The Bertz CT molecular complexity index is 3500. The van der Waals surface area contributed by atoms with Crippen molar-refractivity contribution in [1.29, 1.82) is 0 Å². The van der Waals surface area contributed by atoms with E-state index in [1.807, 2.05) is 0 Å². The van der Waals surface area contributed by atoms with E-state index in [1.165, 1.54) is 76.9 Å². The summed E-state index contributed by atoms with van der Waals surface area (Å²) in [6, 6.07) is 107. The molecule has 336 valence electrons. The third-order valence-corrected chi connectivity index (χ3v) is 13.7. The highest BCUT2D eigenvalue weighted by molar-refractivity contribution is 6.34. The smallest absolute Gasteiger partial charge is 0.0000936 e. The van der Waals surface area contributed by atoms with Crippen LogP contribution in [0.3, 0.4) is 0 Å². The van der Waals surface area contributed by atoms with Gasteiger partial charge in [-0.3, -0.25) is 0 Å². The summed E-state index contributed by atoms with van der Waals surface area (Å²) < 4.78 is 0. The molecule has 0 aliphatic heterocycles. The first-order valence-corrected chi connectivity index (χ1v) is 24.2. The summed E-state index contributed by atoms with van der Waals surface area (Å²) in [6.07, 6.45) is 0. The predicted molar refractivity (Wildman–Crippen MR) is 305 cm³/mol. The molecule has 0 amide bonds. The highest BCUT2D eigenvalue weighted by Gasteiger charge is 2.31. The Balaban J connectivity index is 0.00000547. The van der Waals surface area contributed by atoms with Gasteiger partial charge in [0.15, 0.2) is 0 Å². The highest BCUT2D eigenvalue weighted by atomic mass is 14.3. The standard InChI is InChI=1S/C70H48.CH4/c1-9-29-49(30-10-1)61(50-31-11-2-12-32-50)65(55-41-21-7-22-42-55)67-59-47-27-28-48-60(59)68(66(56-43-23-8-24-44-56)62(51-33-13-3-14-34-51)52-35-15-4-16-36-52)70-64(54-39-19-6-20-40-54)58-46-26-25-45-57(58)63(69(67)70)53-37-17-5-18-38-53;/h1-48H;1H4. The van der Waals surface area contributed by atoms with Crippen LogP contribution in [-0.4, -0.2) is 0 Å². The van der Waals surface area contributed by atoms with Crippen LogP contribution in [-0.2, 0) is 0 Å². The van der Waals surface area contributed by atoms with Crippen molar-refractivity contribution in [2.75, 3.05) is 0 Å². The van der Waals surface area contributed by atoms with Gasteiger partial charge in [-0.2, -0.15) is 0 Å². The van der Waals surface area contributed by atoms with E-state index in [2.05, 4.69) is 291 Å². The molecule has 0 heteroatoms. The molecule has 12 rings (SSSR count). The Morgan fingerprint density at radius 2 is 0.380 bits per heavy atom. The minimum Gasteiger partial charge on any atom is -0.0776 e. The average Bonchev–Trinajstić information content (AvgIpc) is 3.45. The summed E-state index contributed by atoms with van der Waals surface area (Å²) >= 11 is 0. The van der Waals surface area contributed by atoms with Crippen molar-refractivity contribution in [3.05, 3.63) is 336 Å². The molecule has 0 spiro atoms. The lowest BCUT2D eigenvalue weighted by atomic mass is 9.73. The van der Waals surface area contributed by atoms with Gasteiger partial charge in [-0.05, 0) is 121 Å². The highest BCUT2D eigenvalue weighted by Crippen LogP contribution is 2.55. The van der Waals surface area contributed by atoms with Crippen molar-refractivity contribution in [3.8, 4) is 22.3 Å². The van der Waals surface area contributed by atoms with E-state index in [0.29, 0.717) is 0 Å². The molecule has 0 fully saturated rings. The maximum absolute atomic E-state index is 2.38. The van der Waals surface area contributed by atoms with E-state index >= 15 is 0 Å². The maximum atomic E-state index is 2.38. The summed E-state index contributed by atoms with van der Waals surface area (Å²) in [7, 11) is 0. The van der Waals surface area contributed by atoms with Crippen LogP contribution < -0.4 is 0 Å². The van der Waals surface area contributed by atoms with Gasteiger partial charge in [0.25, 0.3) is 0 Å². The number of benzene rings is 12. The monoisotopic (exact) mass is 904 g/mol. The van der Waals surface area contributed by atoms with Crippen molar-refractivity contribution in [1.82, 2.24) is 0 Å². The molecule has 12 aromatic carbocycles. The quantitative estimate of drug-likeness (QED) is 0.0947. The number of rotatable bonds is 10. The van der Waals surface area contributed by atoms with Crippen LogP contribution in [0, 0.1) is 0 Å². The molecular weight excluding hydrogens is 853 g/mol. The molecule has 0 radical (unpaired) electrons. The number of hydrogen-bond acceptors (Lipinski definition) is 0. The second kappa shape index (κ2) is 19.9. The first kappa shape index (κ1) is 44.4. The predicted octanol–water partition coefficient (Wildman–Crippen LogP) is 19.1. The number of fused-ring (bicyclic) bond motifs is 3. The van der Waals surface area contributed by atoms with Gasteiger partial charge in [0.2, 0.25) is 0 Å². The Labute approximate surface area is 417 Å². The van der Waals surface area contributed by atoms with Crippen molar-refractivity contribution in [2.24, 2.45) is 0 Å². The normalized spacial score (nSPS) is 11.0. The van der Waals surface area contributed by atoms with Crippen molar-refractivity contribution >= 4 is 54.6 Å². The Hall–Kier alpha value is -9.10. The van der Waals surface area contributed by atoms with Gasteiger partial charge >= 0.3 is 0 Å². The number of hydrogen-bond donors (Lipinski definition) is 0. The van der Waals surface area contributed by atoms with Gasteiger partial charge in [-0.15, -0.1) is 0 Å². The van der Waals surface area contributed by atoms with E-state index in [-0.39, 0.29) is 7.43 Å². The van der Waals surface area contributed by atoms with Crippen LogP contribution in [0.2, 0.25) is 0 Å². The molecule has 0 saturated carbocycles. The van der Waals surface area contributed by atoms with Crippen molar-refractivity contribution in [2.45, 2.75) is 7.43 Å². The van der Waals surface area contributed by atoms with Crippen LogP contribution in [0.1, 0.15) is 51.9 Å². The Morgan fingerprint density at radius 1 is 0.183 bits per heavy atom. The zero-order valence-corrected chi connectivity index (χ0v) is 38.7. The molecule has 71 heavy (non-hydrogen) atoms. The molecule has 0 N–H and O–H groups in total. The molecule has 12 aromatic rings. The molecule has 0 aliphatic carbocycles. The van der Waals surface area contributed by atoms with Crippen LogP contribution >= 0.6 is 0 Å². The van der Waals surface area contributed by atoms with Gasteiger partial charge in [-0.1, -0.05) is 299 Å². The first-order valence-electron chi connectivity index (χ1n) is 24.2. The van der Waals surface area contributed by atoms with Crippen LogP contribution in [0.5, 0.6) is 0 Å². The Morgan fingerprint density at radius 3 is 0.634 bits per heavy atom. The van der Waals surface area contributed by atoms with Gasteiger partial charge < -0.3 is 0 Å². The molecule has 0 nitrogen and oxygen atoms in total. The van der Waals surface area contributed by atoms with E-state index in [9.17, 15) is 0 Å². The van der Waals surface area contributed by atoms with E-state index in [0.717, 1.165) is 44.5 Å². The summed E-state index contributed by atoms with van der Waals surface area (Å²) in [5, 5.41) is 7.16. The van der Waals surface area contributed by atoms with Gasteiger partial charge in [0.05, 0.1) is 0 Å². The molecule has 0 aliphatic rings. The third-order valence-electron chi connectivity index (χ3n) is 13.7. The minimum atomic E-state index is 0. The molecule has 0 heterocycles. The summed E-state index contributed by atoms with van der Waals surface area (Å²) in [5.74, 6) is 0. The minimum absolute atomic E-state index is 0. The van der Waals surface area contributed by atoms with E-state index < -0.39 is 0 Å². The van der Waals surface area contributed by atoms with Gasteiger partial charge in [-0.25, -0.2) is 0 Å². The molecule has 0 unspecified atom stereocenters. The van der Waals surface area contributed by atoms with Crippen LogP contribution in [0.4, 0.5) is 0 Å². The molecule has 0 saturated heterocycles. The van der Waals surface area contributed by atoms with Gasteiger partial charge in [0, 0.05) is 0 Å². The zero-order chi connectivity index (χ0) is 46.6. The van der Waals surface area contributed by atoms with E-state index in [1.54, 1.807) is 0 Å². The largest absolute Gasteiger partial charge is 0.0776 e. The lowest BCUT2D eigenvalue weighted by molar-refractivity contribution is 1.51. The topological polar surface area (TPSA) is 0 Å². The fourth-order valence-corrected chi connectivity index (χ4v) is 10.8. The molecule has 0 bridgehead atoms. The maximum Gasteiger partial charge on any atom is -0.0000936 e. The van der Waals surface area contributed by atoms with Crippen molar-refractivity contribution < 1.29 is 0 Å².